The van der Waals surface area contributed by atoms with Gasteiger partial charge in [-0.3, -0.25) is 0 Å². The summed E-state index contributed by atoms with van der Waals surface area (Å²) >= 11 is 0. The lowest BCUT2D eigenvalue weighted by Crippen LogP contribution is -2.50. The van der Waals surface area contributed by atoms with Crippen molar-refractivity contribution in [3.05, 3.63) is 11.8 Å². The molecule has 18 heavy (non-hydrogen) atoms. The summed E-state index contributed by atoms with van der Waals surface area (Å²) in [7, 11) is -5.57. The van der Waals surface area contributed by atoms with Gasteiger partial charge in [0.15, 0.2) is 0 Å². The van der Waals surface area contributed by atoms with Crippen molar-refractivity contribution in [3.8, 4) is 0 Å². The Bertz CT molecular complexity index is 508. The van der Waals surface area contributed by atoms with Gasteiger partial charge in [0.05, 0.1) is 0 Å². The molecule has 0 bridgehead atoms. The Kier molecular flexibility index (Phi) is 2.77. The van der Waals surface area contributed by atoms with E-state index in [4.69, 9.17) is 0 Å². The van der Waals surface area contributed by atoms with Gasteiger partial charge in [0.2, 0.25) is 0 Å². The molecule has 102 valence electrons. The maximum atomic E-state index is 12.0. The SMILES string of the molecule is CC1C(C=O)CC12C=C(OS(=O)(=O)C(F)(F)F)C2. The number of hydrogen-bond acceptors (Lipinski definition) is 4. The molecule has 2 aliphatic rings. The Morgan fingerprint density at radius 3 is 2.44 bits per heavy atom. The molecule has 4 nitrogen and oxygen atoms in total. The van der Waals surface area contributed by atoms with E-state index >= 15 is 0 Å². The number of hydrogen-bond donors (Lipinski definition) is 0. The molecule has 2 aliphatic carbocycles. The minimum atomic E-state index is -5.57. The largest absolute Gasteiger partial charge is 0.534 e. The summed E-state index contributed by atoms with van der Waals surface area (Å²) in [6.45, 7) is 1.81. The fourth-order valence-corrected chi connectivity index (χ4v) is 3.00. The summed E-state index contributed by atoms with van der Waals surface area (Å²) in [5.74, 6) is -0.290. The van der Waals surface area contributed by atoms with E-state index in [1.165, 1.54) is 6.08 Å². The molecule has 3 unspecified atom stereocenters. The number of carbonyl (C=O) groups excluding carboxylic acids is 1. The van der Waals surface area contributed by atoms with Crippen LogP contribution in [0.2, 0.25) is 0 Å². The summed E-state index contributed by atoms with van der Waals surface area (Å²) in [5, 5.41) is 0. The molecule has 0 radical (unpaired) electrons. The van der Waals surface area contributed by atoms with E-state index < -0.39 is 15.6 Å². The number of aldehydes is 1. The molecule has 1 saturated carbocycles. The average Bonchev–Trinajstić information content (AvgIpc) is 2.17. The average molecular weight is 284 g/mol. The zero-order chi connectivity index (χ0) is 13.8. The van der Waals surface area contributed by atoms with Crippen molar-refractivity contribution >= 4 is 16.4 Å². The van der Waals surface area contributed by atoms with Crippen molar-refractivity contribution in [2.45, 2.75) is 25.3 Å². The highest BCUT2D eigenvalue weighted by Crippen LogP contribution is 2.60. The van der Waals surface area contributed by atoms with Crippen LogP contribution in [-0.4, -0.2) is 20.2 Å². The molecule has 0 aromatic rings. The number of carbonyl (C=O) groups is 1. The van der Waals surface area contributed by atoms with Crippen molar-refractivity contribution in [1.82, 2.24) is 0 Å². The van der Waals surface area contributed by atoms with Gasteiger partial charge in [-0.25, -0.2) is 0 Å². The molecule has 0 aromatic carbocycles. The predicted octanol–water partition coefficient (Wildman–Crippen LogP) is 1.98. The Labute approximate surface area is 102 Å². The van der Waals surface area contributed by atoms with Crippen molar-refractivity contribution in [3.63, 3.8) is 0 Å². The Balaban J connectivity index is 2.04. The van der Waals surface area contributed by atoms with Crippen molar-refractivity contribution < 1.29 is 30.6 Å². The smallest absolute Gasteiger partial charge is 0.381 e. The molecule has 1 fully saturated rings. The quantitative estimate of drug-likeness (QED) is 0.452. The van der Waals surface area contributed by atoms with E-state index in [-0.39, 0.29) is 29.4 Å². The second-order valence-electron chi connectivity index (χ2n) is 4.80. The van der Waals surface area contributed by atoms with Crippen LogP contribution in [0.3, 0.4) is 0 Å². The van der Waals surface area contributed by atoms with Crippen LogP contribution in [0.25, 0.3) is 0 Å². The van der Waals surface area contributed by atoms with Crippen LogP contribution in [-0.2, 0) is 19.1 Å². The molecule has 2 rings (SSSR count). The van der Waals surface area contributed by atoms with Crippen LogP contribution in [0.4, 0.5) is 13.2 Å². The lowest BCUT2D eigenvalue weighted by molar-refractivity contribution is -0.123. The van der Waals surface area contributed by atoms with E-state index in [2.05, 4.69) is 4.18 Å². The third kappa shape index (κ3) is 1.82. The summed E-state index contributed by atoms with van der Waals surface area (Å²) in [6.07, 6.45) is 2.88. The topological polar surface area (TPSA) is 60.4 Å². The molecule has 0 N–H and O–H groups in total. The summed E-state index contributed by atoms with van der Waals surface area (Å²) in [4.78, 5) is 10.6. The van der Waals surface area contributed by atoms with Crippen LogP contribution in [0.1, 0.15) is 19.8 Å². The van der Waals surface area contributed by atoms with Gasteiger partial charge in [0.25, 0.3) is 0 Å². The molecule has 0 heterocycles. The Morgan fingerprint density at radius 1 is 1.50 bits per heavy atom. The number of alkyl halides is 3. The second kappa shape index (κ2) is 3.72. The van der Waals surface area contributed by atoms with Crippen LogP contribution >= 0.6 is 0 Å². The van der Waals surface area contributed by atoms with Gasteiger partial charge in [0.1, 0.15) is 12.0 Å². The van der Waals surface area contributed by atoms with Gasteiger partial charge in [0, 0.05) is 17.8 Å². The van der Waals surface area contributed by atoms with Gasteiger partial charge in [-0.05, 0) is 18.4 Å². The van der Waals surface area contributed by atoms with Crippen LogP contribution in [0.5, 0.6) is 0 Å². The van der Waals surface area contributed by atoms with E-state index in [0.717, 1.165) is 6.29 Å². The van der Waals surface area contributed by atoms with Gasteiger partial charge in [-0.2, -0.15) is 21.6 Å². The summed E-state index contributed by atoms with van der Waals surface area (Å²) < 4.78 is 61.6. The molecular weight excluding hydrogens is 273 g/mol. The molecular formula is C10H11F3O4S. The molecule has 1 spiro atoms. The third-order valence-electron chi connectivity index (χ3n) is 3.79. The molecule has 0 aliphatic heterocycles. The van der Waals surface area contributed by atoms with E-state index in [1.54, 1.807) is 0 Å². The Hall–Kier alpha value is -1.05. The molecule has 0 aromatic heterocycles. The van der Waals surface area contributed by atoms with E-state index in [9.17, 15) is 26.4 Å². The Morgan fingerprint density at radius 2 is 2.06 bits per heavy atom. The monoisotopic (exact) mass is 284 g/mol. The first kappa shape index (κ1) is 13.4. The molecule has 3 atom stereocenters. The first-order valence-electron chi connectivity index (χ1n) is 5.29. The normalized spacial score (nSPS) is 35.4. The first-order chi connectivity index (χ1) is 8.11. The standard InChI is InChI=1S/C10H11F3O4S/c1-6-7(5-14)2-9(6)3-8(4-9)17-18(15,16)10(11,12)13/h3,5-7H,2,4H2,1H3. The highest BCUT2D eigenvalue weighted by atomic mass is 32.2. The third-order valence-corrected chi connectivity index (χ3v) is 4.79. The summed E-state index contributed by atoms with van der Waals surface area (Å²) in [5.41, 5.74) is -5.77. The van der Waals surface area contributed by atoms with Gasteiger partial charge < -0.3 is 8.98 Å². The minimum Gasteiger partial charge on any atom is -0.381 e. The van der Waals surface area contributed by atoms with Crippen LogP contribution < -0.4 is 0 Å². The maximum Gasteiger partial charge on any atom is 0.534 e. The van der Waals surface area contributed by atoms with Crippen molar-refractivity contribution in [2.75, 3.05) is 0 Å². The van der Waals surface area contributed by atoms with Gasteiger partial charge in [-0.1, -0.05) is 6.92 Å². The predicted molar refractivity (Wildman–Crippen MR) is 54.5 cm³/mol. The van der Waals surface area contributed by atoms with Crippen molar-refractivity contribution in [1.29, 1.82) is 0 Å². The first-order valence-corrected chi connectivity index (χ1v) is 6.70. The lowest BCUT2D eigenvalue weighted by Gasteiger charge is -2.55. The minimum absolute atomic E-state index is 0.0101. The van der Waals surface area contributed by atoms with Crippen LogP contribution in [0.15, 0.2) is 11.8 Å². The highest BCUT2D eigenvalue weighted by molar-refractivity contribution is 7.87. The molecule has 0 amide bonds. The zero-order valence-electron chi connectivity index (χ0n) is 9.40. The maximum absolute atomic E-state index is 12.0. The molecule has 0 saturated heterocycles. The fourth-order valence-electron chi connectivity index (χ4n) is 2.51. The number of allylic oxidation sites excluding steroid dienone is 2. The fraction of sp³-hybridized carbons (Fsp3) is 0.700. The second-order valence-corrected chi connectivity index (χ2v) is 6.33. The molecule has 8 heteroatoms. The highest BCUT2D eigenvalue weighted by Gasteiger charge is 2.57. The zero-order valence-corrected chi connectivity index (χ0v) is 10.2. The van der Waals surface area contributed by atoms with Crippen molar-refractivity contribution in [2.24, 2.45) is 17.3 Å². The van der Waals surface area contributed by atoms with E-state index in [0.29, 0.717) is 6.42 Å². The lowest BCUT2D eigenvalue weighted by atomic mass is 9.49. The van der Waals surface area contributed by atoms with Crippen LogP contribution in [0, 0.1) is 17.3 Å². The van der Waals surface area contributed by atoms with Gasteiger partial charge >= 0.3 is 15.6 Å². The number of halogens is 3. The van der Waals surface area contributed by atoms with Gasteiger partial charge in [-0.15, -0.1) is 0 Å². The summed E-state index contributed by atoms with van der Waals surface area (Å²) in [6, 6.07) is 0. The van der Waals surface area contributed by atoms with E-state index in [1.807, 2.05) is 6.92 Å². The number of rotatable bonds is 3.